The number of nitrogens with one attached hydrogen (secondary N) is 1. The lowest BCUT2D eigenvalue weighted by molar-refractivity contribution is 0.517. The van der Waals surface area contributed by atoms with E-state index in [2.05, 4.69) is 24.5 Å². The Morgan fingerprint density at radius 2 is 2.31 bits per heavy atom. The van der Waals surface area contributed by atoms with Gasteiger partial charge in [-0.1, -0.05) is 31.9 Å². The van der Waals surface area contributed by atoms with Crippen molar-refractivity contribution >= 4 is 22.9 Å². The van der Waals surface area contributed by atoms with Gasteiger partial charge in [-0.25, -0.2) is 0 Å². The van der Waals surface area contributed by atoms with E-state index in [9.17, 15) is 0 Å². The number of rotatable bonds is 5. The predicted octanol–water partition coefficient (Wildman–Crippen LogP) is 3.85. The van der Waals surface area contributed by atoms with Crippen molar-refractivity contribution in [1.29, 1.82) is 0 Å². The molecule has 0 fully saturated rings. The predicted molar refractivity (Wildman–Crippen MR) is 60.7 cm³/mol. The highest BCUT2D eigenvalue weighted by atomic mass is 35.5. The van der Waals surface area contributed by atoms with Crippen molar-refractivity contribution in [3.63, 3.8) is 0 Å². The van der Waals surface area contributed by atoms with Crippen LogP contribution < -0.4 is 5.32 Å². The highest BCUT2D eigenvalue weighted by Gasteiger charge is 2.13. The first kappa shape index (κ1) is 11.0. The summed E-state index contributed by atoms with van der Waals surface area (Å²) in [6, 6.07) is 2.42. The maximum absolute atomic E-state index is 6.08. The molecule has 1 rings (SSSR count). The molecule has 1 aromatic rings. The Balaban J connectivity index is 2.69. The van der Waals surface area contributed by atoms with E-state index >= 15 is 0 Å². The Bertz CT molecular complexity index is 241. The van der Waals surface area contributed by atoms with Crippen LogP contribution in [0.4, 0.5) is 0 Å². The summed E-state index contributed by atoms with van der Waals surface area (Å²) < 4.78 is 0. The van der Waals surface area contributed by atoms with Crippen LogP contribution in [0, 0.1) is 0 Å². The van der Waals surface area contributed by atoms with Crippen LogP contribution in [0.2, 0.25) is 5.02 Å². The molecule has 74 valence electrons. The summed E-state index contributed by atoms with van der Waals surface area (Å²) in [5.74, 6) is 0. The summed E-state index contributed by atoms with van der Waals surface area (Å²) in [7, 11) is 0. The molecule has 1 heterocycles. The summed E-state index contributed by atoms with van der Waals surface area (Å²) in [6.45, 7) is 5.33. The molecular weight excluding hydrogens is 202 g/mol. The van der Waals surface area contributed by atoms with E-state index in [-0.39, 0.29) is 0 Å². The lowest BCUT2D eigenvalue weighted by atomic mass is 10.1. The molecule has 13 heavy (non-hydrogen) atoms. The molecule has 0 aliphatic carbocycles. The first-order chi connectivity index (χ1) is 6.29. The second-order valence-corrected chi connectivity index (χ2v) is 4.39. The fourth-order valence-corrected chi connectivity index (χ4v) is 2.71. The Morgan fingerprint density at radius 3 is 2.77 bits per heavy atom. The van der Waals surface area contributed by atoms with Gasteiger partial charge in [-0.15, -0.1) is 11.3 Å². The monoisotopic (exact) mass is 217 g/mol. The largest absolute Gasteiger partial charge is 0.309 e. The van der Waals surface area contributed by atoms with Gasteiger partial charge in [0.1, 0.15) is 0 Å². The van der Waals surface area contributed by atoms with Crippen molar-refractivity contribution < 1.29 is 0 Å². The van der Waals surface area contributed by atoms with E-state index in [4.69, 9.17) is 11.6 Å². The van der Waals surface area contributed by atoms with Crippen LogP contribution in [0.3, 0.4) is 0 Å². The third-order valence-electron chi connectivity index (χ3n) is 1.99. The smallest absolute Gasteiger partial charge is 0.0561 e. The zero-order valence-electron chi connectivity index (χ0n) is 8.14. The van der Waals surface area contributed by atoms with Crippen LogP contribution in [0.25, 0.3) is 0 Å². The topological polar surface area (TPSA) is 12.0 Å². The van der Waals surface area contributed by atoms with Crippen LogP contribution >= 0.6 is 22.9 Å². The Hall–Kier alpha value is -0.0500. The molecule has 1 N–H and O–H groups in total. The molecule has 1 nitrogen and oxygen atoms in total. The van der Waals surface area contributed by atoms with Gasteiger partial charge >= 0.3 is 0 Å². The summed E-state index contributed by atoms with van der Waals surface area (Å²) in [5, 5.41) is 6.41. The number of hydrogen-bond acceptors (Lipinski definition) is 2. The van der Waals surface area contributed by atoms with Gasteiger partial charge in [-0.3, -0.25) is 0 Å². The molecule has 0 bridgehead atoms. The minimum Gasteiger partial charge on any atom is -0.309 e. The lowest BCUT2D eigenvalue weighted by Gasteiger charge is -2.15. The lowest BCUT2D eigenvalue weighted by Crippen LogP contribution is -2.19. The average Bonchev–Trinajstić information content (AvgIpc) is 2.51. The maximum atomic E-state index is 6.08. The molecule has 0 radical (unpaired) electrons. The van der Waals surface area contributed by atoms with Crippen molar-refractivity contribution in [3.05, 3.63) is 21.3 Å². The second-order valence-electron chi connectivity index (χ2n) is 3.03. The van der Waals surface area contributed by atoms with Crippen LogP contribution in [0.5, 0.6) is 0 Å². The van der Waals surface area contributed by atoms with Gasteiger partial charge in [0.25, 0.3) is 0 Å². The summed E-state index contributed by atoms with van der Waals surface area (Å²) in [4.78, 5) is 1.28. The van der Waals surface area contributed by atoms with E-state index in [0.29, 0.717) is 6.04 Å². The molecule has 0 saturated heterocycles. The van der Waals surface area contributed by atoms with Gasteiger partial charge in [0.05, 0.1) is 5.02 Å². The van der Waals surface area contributed by atoms with Gasteiger partial charge in [0.15, 0.2) is 0 Å². The van der Waals surface area contributed by atoms with Crippen molar-refractivity contribution in [1.82, 2.24) is 5.32 Å². The van der Waals surface area contributed by atoms with E-state index in [1.165, 1.54) is 11.3 Å². The van der Waals surface area contributed by atoms with Gasteiger partial charge in [-0.2, -0.15) is 0 Å². The van der Waals surface area contributed by atoms with Crippen molar-refractivity contribution in [2.24, 2.45) is 0 Å². The standard InChI is InChI=1S/C10H16ClNS/c1-3-5-9(12-4-2)10-8(11)6-7-13-10/h6-7,9,12H,3-5H2,1-2H3. The molecule has 3 heteroatoms. The molecule has 1 aromatic heterocycles. The van der Waals surface area contributed by atoms with Crippen molar-refractivity contribution in [3.8, 4) is 0 Å². The minimum absolute atomic E-state index is 0.447. The molecule has 0 amide bonds. The van der Waals surface area contributed by atoms with Crippen molar-refractivity contribution in [2.45, 2.75) is 32.7 Å². The zero-order valence-corrected chi connectivity index (χ0v) is 9.71. The molecule has 0 aromatic carbocycles. The molecule has 1 atom stereocenters. The third kappa shape index (κ3) is 2.97. The normalized spacial score (nSPS) is 13.2. The van der Waals surface area contributed by atoms with E-state index in [1.807, 2.05) is 6.07 Å². The quantitative estimate of drug-likeness (QED) is 0.790. The van der Waals surface area contributed by atoms with Crippen LogP contribution in [-0.2, 0) is 0 Å². The van der Waals surface area contributed by atoms with E-state index in [0.717, 1.165) is 18.0 Å². The first-order valence-electron chi connectivity index (χ1n) is 4.75. The Kier molecular flexibility index (Phi) is 4.78. The average molecular weight is 218 g/mol. The van der Waals surface area contributed by atoms with Gasteiger partial charge in [0.2, 0.25) is 0 Å². The molecule has 0 spiro atoms. The highest BCUT2D eigenvalue weighted by molar-refractivity contribution is 7.10. The van der Waals surface area contributed by atoms with Crippen LogP contribution in [-0.4, -0.2) is 6.54 Å². The summed E-state index contributed by atoms with van der Waals surface area (Å²) in [5.41, 5.74) is 0. The summed E-state index contributed by atoms with van der Waals surface area (Å²) in [6.07, 6.45) is 2.35. The van der Waals surface area contributed by atoms with Crippen LogP contribution in [0.15, 0.2) is 11.4 Å². The summed E-state index contributed by atoms with van der Waals surface area (Å²) >= 11 is 7.82. The van der Waals surface area contributed by atoms with Crippen LogP contribution in [0.1, 0.15) is 37.6 Å². The fraction of sp³-hybridized carbons (Fsp3) is 0.600. The second kappa shape index (κ2) is 5.63. The number of hydrogen-bond donors (Lipinski definition) is 1. The third-order valence-corrected chi connectivity index (χ3v) is 3.46. The highest BCUT2D eigenvalue weighted by Crippen LogP contribution is 2.30. The molecule has 0 aliphatic rings. The van der Waals surface area contributed by atoms with Crippen molar-refractivity contribution in [2.75, 3.05) is 6.54 Å². The number of thiophene rings is 1. The first-order valence-corrected chi connectivity index (χ1v) is 6.01. The molecule has 0 saturated carbocycles. The molecular formula is C10H16ClNS. The van der Waals surface area contributed by atoms with Gasteiger partial charge < -0.3 is 5.32 Å². The van der Waals surface area contributed by atoms with E-state index in [1.54, 1.807) is 11.3 Å². The van der Waals surface area contributed by atoms with E-state index < -0.39 is 0 Å². The Morgan fingerprint density at radius 1 is 1.54 bits per heavy atom. The zero-order chi connectivity index (χ0) is 9.68. The number of halogens is 1. The SMILES string of the molecule is CCCC(NCC)c1sccc1Cl. The fourth-order valence-electron chi connectivity index (χ4n) is 1.41. The molecule has 0 aliphatic heterocycles. The minimum atomic E-state index is 0.447. The maximum Gasteiger partial charge on any atom is 0.0561 e. The van der Waals surface area contributed by atoms with Gasteiger partial charge in [-0.05, 0) is 24.4 Å². The molecule has 1 unspecified atom stereocenters. The Labute approximate surface area is 89.1 Å². The van der Waals surface area contributed by atoms with Gasteiger partial charge in [0, 0.05) is 10.9 Å².